The van der Waals surface area contributed by atoms with E-state index in [4.69, 9.17) is 0 Å². The van der Waals surface area contributed by atoms with E-state index in [2.05, 4.69) is 72.7 Å². The third-order valence-corrected chi connectivity index (χ3v) is 9.97. The Kier molecular flexibility index (Phi) is 27.3. The maximum Gasteiger partial charge on any atom is 0.0930 e. The lowest BCUT2D eigenvalue weighted by Crippen LogP contribution is -1.95. The van der Waals surface area contributed by atoms with Gasteiger partial charge in [-0.05, 0) is 61.1 Å². The molecule has 0 aliphatic carbocycles. The van der Waals surface area contributed by atoms with Gasteiger partial charge in [0.1, 0.15) is 0 Å². The Bertz CT molecular complexity index is 945. The topological polar surface area (TPSA) is 24.4 Å². The standard InChI is InChI=1S/C45H76N2/c1-3-5-7-9-11-13-15-17-19-21-23-25-27-29-31-42-33-37-44(38-34-42)46-41-47-45-39-35-43(36-40-45)32-30-28-26-24-22-20-18-16-14-12-10-8-6-4-2/h33-41H,3-32H2,1-2H3,(H,46,47). The molecule has 2 heteroatoms. The van der Waals surface area contributed by atoms with Gasteiger partial charge < -0.3 is 5.32 Å². The van der Waals surface area contributed by atoms with Gasteiger partial charge >= 0.3 is 0 Å². The van der Waals surface area contributed by atoms with Crippen LogP contribution in [0.25, 0.3) is 0 Å². The molecule has 0 aromatic heterocycles. The van der Waals surface area contributed by atoms with Crippen LogP contribution in [0.2, 0.25) is 0 Å². The highest BCUT2D eigenvalue weighted by Gasteiger charge is 1.99. The number of nitrogens with one attached hydrogen (secondary N) is 1. The van der Waals surface area contributed by atoms with Gasteiger partial charge in [-0.15, -0.1) is 0 Å². The summed E-state index contributed by atoms with van der Waals surface area (Å²) >= 11 is 0. The van der Waals surface area contributed by atoms with Crippen LogP contribution >= 0.6 is 0 Å². The predicted molar refractivity (Wildman–Crippen MR) is 213 cm³/mol. The number of nitrogens with zero attached hydrogens (tertiary/aromatic N) is 1. The molecule has 0 saturated carbocycles. The fourth-order valence-corrected chi connectivity index (χ4v) is 6.74. The SMILES string of the molecule is CCCCCCCCCCCCCCCCc1ccc(N=CNc2ccc(CCCCCCCCCCCCCCCC)cc2)cc1. The molecule has 47 heavy (non-hydrogen) atoms. The minimum atomic E-state index is 1.01. The Morgan fingerprint density at radius 1 is 0.383 bits per heavy atom. The number of rotatable bonds is 33. The van der Waals surface area contributed by atoms with Crippen LogP contribution < -0.4 is 5.32 Å². The molecule has 0 unspecified atom stereocenters. The Labute approximate surface area is 293 Å². The maximum absolute atomic E-state index is 4.62. The highest BCUT2D eigenvalue weighted by molar-refractivity contribution is 5.77. The first-order chi connectivity index (χ1) is 23.3. The van der Waals surface area contributed by atoms with E-state index in [0.29, 0.717) is 0 Å². The highest BCUT2D eigenvalue weighted by atomic mass is 14.9. The monoisotopic (exact) mass is 645 g/mol. The zero-order valence-electron chi connectivity index (χ0n) is 31.4. The molecule has 0 aliphatic rings. The smallest absolute Gasteiger partial charge is 0.0930 e. The van der Waals surface area contributed by atoms with Crippen LogP contribution in [0.3, 0.4) is 0 Å². The summed E-state index contributed by atoms with van der Waals surface area (Å²) in [4.78, 5) is 4.62. The van der Waals surface area contributed by atoms with Crippen LogP contribution in [0.4, 0.5) is 11.4 Å². The Morgan fingerprint density at radius 3 is 1.02 bits per heavy atom. The fraction of sp³-hybridized carbons (Fsp3) is 0.711. The first-order valence-electron chi connectivity index (χ1n) is 20.8. The van der Waals surface area contributed by atoms with E-state index in [1.54, 1.807) is 0 Å². The van der Waals surface area contributed by atoms with Crippen molar-refractivity contribution in [2.45, 2.75) is 206 Å². The van der Waals surface area contributed by atoms with Crippen LogP contribution in [0, 0.1) is 0 Å². The molecule has 0 aliphatic heterocycles. The van der Waals surface area contributed by atoms with Gasteiger partial charge in [0, 0.05) is 5.69 Å². The molecular formula is C45H76N2. The van der Waals surface area contributed by atoms with Crippen molar-refractivity contribution in [3.05, 3.63) is 59.7 Å². The summed E-state index contributed by atoms with van der Waals surface area (Å²) < 4.78 is 0. The summed E-state index contributed by atoms with van der Waals surface area (Å²) in [5.41, 5.74) is 5.00. The molecule has 0 atom stereocenters. The zero-order chi connectivity index (χ0) is 33.3. The summed E-state index contributed by atoms with van der Waals surface area (Å²) in [6, 6.07) is 17.7. The minimum absolute atomic E-state index is 1.01. The first-order valence-corrected chi connectivity index (χ1v) is 20.8. The number of anilines is 1. The summed E-state index contributed by atoms with van der Waals surface area (Å²) in [5.74, 6) is 0. The molecule has 0 heterocycles. The number of benzene rings is 2. The Hall–Kier alpha value is -2.09. The molecule has 266 valence electrons. The molecule has 0 radical (unpaired) electrons. The number of aliphatic imine (C=N–C) groups is 1. The van der Waals surface area contributed by atoms with E-state index < -0.39 is 0 Å². The van der Waals surface area contributed by atoms with Crippen LogP contribution in [0.1, 0.15) is 205 Å². The highest BCUT2D eigenvalue weighted by Crippen LogP contribution is 2.18. The van der Waals surface area contributed by atoms with E-state index in [1.165, 1.54) is 204 Å². The number of unbranched alkanes of at least 4 members (excludes halogenated alkanes) is 26. The summed E-state index contributed by atoms with van der Waals surface area (Å²) in [7, 11) is 0. The second kappa shape index (κ2) is 31.2. The van der Waals surface area contributed by atoms with Crippen molar-refractivity contribution in [1.82, 2.24) is 0 Å². The molecule has 2 aromatic rings. The molecule has 2 nitrogen and oxygen atoms in total. The van der Waals surface area contributed by atoms with Crippen molar-refractivity contribution in [3.63, 3.8) is 0 Å². The molecule has 0 saturated heterocycles. The lowest BCUT2D eigenvalue weighted by atomic mass is 10.0. The predicted octanol–water partition coefficient (Wildman–Crippen LogP) is 15.5. The van der Waals surface area contributed by atoms with E-state index >= 15 is 0 Å². The van der Waals surface area contributed by atoms with Crippen molar-refractivity contribution >= 4 is 17.7 Å². The Morgan fingerprint density at radius 2 is 0.681 bits per heavy atom. The van der Waals surface area contributed by atoms with E-state index in [1.807, 2.05) is 6.34 Å². The van der Waals surface area contributed by atoms with E-state index in [-0.39, 0.29) is 0 Å². The zero-order valence-corrected chi connectivity index (χ0v) is 31.4. The van der Waals surface area contributed by atoms with Gasteiger partial charge in [0.25, 0.3) is 0 Å². The fourth-order valence-electron chi connectivity index (χ4n) is 6.74. The van der Waals surface area contributed by atoms with Crippen molar-refractivity contribution in [3.8, 4) is 0 Å². The van der Waals surface area contributed by atoms with E-state index in [0.717, 1.165) is 11.4 Å². The maximum atomic E-state index is 4.62. The lowest BCUT2D eigenvalue weighted by molar-refractivity contribution is 0.535. The van der Waals surface area contributed by atoms with Gasteiger partial charge in [0.15, 0.2) is 0 Å². The summed E-state index contributed by atoms with van der Waals surface area (Å²) in [6.07, 6.45) is 43.9. The second-order valence-corrected chi connectivity index (χ2v) is 14.5. The molecule has 0 fully saturated rings. The van der Waals surface area contributed by atoms with Crippen LogP contribution in [-0.2, 0) is 12.8 Å². The van der Waals surface area contributed by atoms with Crippen molar-refractivity contribution < 1.29 is 0 Å². The van der Waals surface area contributed by atoms with Crippen molar-refractivity contribution in [2.75, 3.05) is 5.32 Å². The van der Waals surface area contributed by atoms with Crippen LogP contribution in [-0.4, -0.2) is 6.34 Å². The quantitative estimate of drug-likeness (QED) is 0.0467. The number of aryl methyl sites for hydroxylation is 2. The number of hydrogen-bond acceptors (Lipinski definition) is 1. The minimum Gasteiger partial charge on any atom is -0.346 e. The molecule has 2 aromatic carbocycles. The molecule has 0 spiro atoms. The molecular weight excluding hydrogens is 569 g/mol. The van der Waals surface area contributed by atoms with E-state index in [9.17, 15) is 0 Å². The molecule has 0 bridgehead atoms. The van der Waals surface area contributed by atoms with Gasteiger partial charge in [0.2, 0.25) is 0 Å². The van der Waals surface area contributed by atoms with Gasteiger partial charge in [-0.2, -0.15) is 0 Å². The molecule has 2 rings (SSSR count). The number of hydrogen-bond donors (Lipinski definition) is 1. The third-order valence-electron chi connectivity index (χ3n) is 9.97. The average molecular weight is 645 g/mol. The van der Waals surface area contributed by atoms with Gasteiger partial charge in [-0.1, -0.05) is 205 Å². The Balaban J connectivity index is 1.42. The van der Waals surface area contributed by atoms with Gasteiger partial charge in [-0.3, -0.25) is 0 Å². The normalized spacial score (nSPS) is 11.5. The van der Waals surface area contributed by atoms with Crippen LogP contribution in [0.15, 0.2) is 53.5 Å². The first kappa shape index (κ1) is 41.1. The van der Waals surface area contributed by atoms with Crippen molar-refractivity contribution in [2.24, 2.45) is 4.99 Å². The van der Waals surface area contributed by atoms with Gasteiger partial charge in [0.05, 0.1) is 12.0 Å². The molecule has 1 N–H and O–H groups in total. The lowest BCUT2D eigenvalue weighted by Gasteiger charge is -2.05. The molecule has 0 amide bonds. The largest absolute Gasteiger partial charge is 0.346 e. The van der Waals surface area contributed by atoms with Crippen LogP contribution in [0.5, 0.6) is 0 Å². The second-order valence-electron chi connectivity index (χ2n) is 14.5. The third kappa shape index (κ3) is 24.7. The summed E-state index contributed by atoms with van der Waals surface area (Å²) in [6.45, 7) is 4.60. The van der Waals surface area contributed by atoms with Crippen molar-refractivity contribution in [1.29, 1.82) is 0 Å². The summed E-state index contributed by atoms with van der Waals surface area (Å²) in [5, 5.41) is 3.34. The average Bonchev–Trinajstić information content (AvgIpc) is 3.10. The van der Waals surface area contributed by atoms with Gasteiger partial charge in [-0.25, -0.2) is 4.99 Å².